The third-order valence-corrected chi connectivity index (χ3v) is 5.96. The molecular formula is C22H25ClN3O3+. The highest BCUT2D eigenvalue weighted by atomic mass is 35.5. The molecule has 6 nitrogen and oxygen atoms in total. The molecule has 152 valence electrons. The Bertz CT molecular complexity index is 894. The van der Waals surface area contributed by atoms with E-state index in [1.54, 1.807) is 24.3 Å². The summed E-state index contributed by atoms with van der Waals surface area (Å²) in [6.07, 6.45) is 0.257. The van der Waals surface area contributed by atoms with E-state index in [0.29, 0.717) is 12.3 Å². The Balaban J connectivity index is 1.42. The number of benzene rings is 2. The Morgan fingerprint density at radius 3 is 2.41 bits per heavy atom. The number of anilines is 2. The van der Waals surface area contributed by atoms with Crippen molar-refractivity contribution >= 4 is 34.8 Å². The quantitative estimate of drug-likeness (QED) is 0.758. The Hall–Kier alpha value is -2.57. The number of para-hydroxylation sites is 1. The molecule has 29 heavy (non-hydrogen) atoms. The molecule has 2 aliphatic heterocycles. The monoisotopic (exact) mass is 414 g/mol. The van der Waals surface area contributed by atoms with Gasteiger partial charge in [0.15, 0.2) is 6.04 Å². The van der Waals surface area contributed by atoms with Gasteiger partial charge in [-0.05, 0) is 43.3 Å². The van der Waals surface area contributed by atoms with Gasteiger partial charge in [-0.25, -0.2) is 4.90 Å². The number of amides is 2. The summed E-state index contributed by atoms with van der Waals surface area (Å²) in [7, 11) is 0. The van der Waals surface area contributed by atoms with Crippen LogP contribution in [0, 0.1) is 0 Å². The third kappa shape index (κ3) is 3.95. The molecule has 0 aromatic heterocycles. The van der Waals surface area contributed by atoms with Crippen molar-refractivity contribution in [2.45, 2.75) is 19.4 Å². The molecule has 0 saturated carbocycles. The predicted octanol–water partition coefficient (Wildman–Crippen LogP) is 1.78. The minimum atomic E-state index is -0.317. The molecule has 1 atom stereocenters. The van der Waals surface area contributed by atoms with Crippen LogP contribution < -0.4 is 19.4 Å². The lowest BCUT2D eigenvalue weighted by molar-refractivity contribution is -0.915. The summed E-state index contributed by atoms with van der Waals surface area (Å²) >= 11 is 6.32. The maximum absolute atomic E-state index is 13.1. The predicted molar refractivity (Wildman–Crippen MR) is 113 cm³/mol. The zero-order chi connectivity index (χ0) is 20.4. The average molecular weight is 415 g/mol. The topological polar surface area (TPSA) is 54.3 Å². The number of piperazine rings is 1. The number of imide groups is 1. The number of nitrogens with one attached hydrogen (secondary N) is 1. The van der Waals surface area contributed by atoms with E-state index in [2.05, 4.69) is 4.90 Å². The molecule has 2 saturated heterocycles. The summed E-state index contributed by atoms with van der Waals surface area (Å²) in [6.45, 7) is 5.70. The van der Waals surface area contributed by atoms with Gasteiger partial charge in [0.25, 0.3) is 5.91 Å². The van der Waals surface area contributed by atoms with Gasteiger partial charge in [-0.3, -0.25) is 9.59 Å². The van der Waals surface area contributed by atoms with Crippen molar-refractivity contribution in [3.63, 3.8) is 0 Å². The minimum Gasteiger partial charge on any atom is -0.494 e. The molecule has 2 amide bonds. The first-order chi connectivity index (χ1) is 14.1. The molecule has 2 heterocycles. The van der Waals surface area contributed by atoms with Crippen LogP contribution in [0.1, 0.15) is 13.3 Å². The van der Waals surface area contributed by atoms with Crippen LogP contribution in [0.2, 0.25) is 5.02 Å². The van der Waals surface area contributed by atoms with Gasteiger partial charge in [0.05, 0.1) is 55.6 Å². The van der Waals surface area contributed by atoms with Crippen molar-refractivity contribution in [2.75, 3.05) is 42.6 Å². The number of nitrogens with zero attached hydrogens (tertiary/aromatic N) is 2. The van der Waals surface area contributed by atoms with Crippen LogP contribution in [-0.2, 0) is 9.59 Å². The number of hydrogen-bond acceptors (Lipinski definition) is 4. The second-order valence-corrected chi connectivity index (χ2v) is 7.75. The Morgan fingerprint density at radius 2 is 1.76 bits per heavy atom. The van der Waals surface area contributed by atoms with Crippen molar-refractivity contribution in [1.82, 2.24) is 0 Å². The molecule has 0 bridgehead atoms. The van der Waals surface area contributed by atoms with Crippen molar-refractivity contribution < 1.29 is 19.2 Å². The van der Waals surface area contributed by atoms with Crippen LogP contribution in [0.4, 0.5) is 11.4 Å². The maximum atomic E-state index is 13.1. The number of rotatable bonds is 5. The van der Waals surface area contributed by atoms with Crippen LogP contribution in [0.25, 0.3) is 0 Å². The summed E-state index contributed by atoms with van der Waals surface area (Å²) in [5.41, 5.74) is 1.64. The second-order valence-electron chi connectivity index (χ2n) is 7.35. The van der Waals surface area contributed by atoms with Crippen LogP contribution >= 0.6 is 11.6 Å². The molecule has 0 aliphatic carbocycles. The van der Waals surface area contributed by atoms with Crippen molar-refractivity contribution in [1.29, 1.82) is 0 Å². The van der Waals surface area contributed by atoms with Crippen LogP contribution in [0.3, 0.4) is 0 Å². The standard InChI is InChI=1S/C22H24ClN3O3/c1-2-29-17-9-7-16(8-10-17)26-21(27)15-20(22(26)28)25-13-11-24(12-14-25)19-6-4-3-5-18(19)23/h3-10,20H,2,11-15H2,1H3/p+1/t20-/m0/s1. The van der Waals surface area contributed by atoms with E-state index < -0.39 is 0 Å². The van der Waals surface area contributed by atoms with E-state index >= 15 is 0 Å². The van der Waals surface area contributed by atoms with Crippen molar-refractivity contribution in [3.05, 3.63) is 53.6 Å². The minimum absolute atomic E-state index is 0.111. The highest BCUT2D eigenvalue weighted by molar-refractivity contribution is 6.33. The molecule has 2 fully saturated rings. The van der Waals surface area contributed by atoms with E-state index in [0.717, 1.165) is 42.6 Å². The molecule has 1 N–H and O–H groups in total. The van der Waals surface area contributed by atoms with E-state index in [4.69, 9.17) is 16.3 Å². The van der Waals surface area contributed by atoms with Gasteiger partial charge in [-0.1, -0.05) is 23.7 Å². The van der Waals surface area contributed by atoms with Gasteiger partial charge < -0.3 is 14.5 Å². The maximum Gasteiger partial charge on any atom is 0.292 e. The van der Waals surface area contributed by atoms with E-state index in [1.165, 1.54) is 9.80 Å². The first kappa shape index (κ1) is 19.7. The van der Waals surface area contributed by atoms with Gasteiger partial charge in [0.1, 0.15) is 5.75 Å². The second kappa shape index (κ2) is 8.43. The van der Waals surface area contributed by atoms with Gasteiger partial charge >= 0.3 is 0 Å². The van der Waals surface area contributed by atoms with Gasteiger partial charge in [0.2, 0.25) is 5.91 Å². The Labute approximate surface area is 175 Å². The highest BCUT2D eigenvalue weighted by Gasteiger charge is 2.46. The van der Waals surface area contributed by atoms with Crippen LogP contribution in [0.15, 0.2) is 48.5 Å². The fourth-order valence-electron chi connectivity index (χ4n) is 4.17. The van der Waals surface area contributed by atoms with Gasteiger partial charge in [-0.2, -0.15) is 0 Å². The molecule has 2 aromatic rings. The number of ether oxygens (including phenoxy) is 1. The zero-order valence-corrected chi connectivity index (χ0v) is 17.2. The SMILES string of the molecule is CCOc1ccc(N2C(=O)C[C@H]([NH+]3CCN(c4ccccc4Cl)CC3)C2=O)cc1. The number of carbonyl (C=O) groups excluding carboxylic acids is 2. The number of quaternary nitrogens is 1. The molecule has 4 rings (SSSR count). The fourth-order valence-corrected chi connectivity index (χ4v) is 4.43. The third-order valence-electron chi connectivity index (χ3n) is 5.64. The highest BCUT2D eigenvalue weighted by Crippen LogP contribution is 2.26. The van der Waals surface area contributed by atoms with E-state index in [9.17, 15) is 9.59 Å². The molecule has 7 heteroatoms. The molecule has 2 aromatic carbocycles. The average Bonchev–Trinajstić information content (AvgIpc) is 3.03. The van der Waals surface area contributed by atoms with Crippen LogP contribution in [-0.4, -0.2) is 50.6 Å². The van der Waals surface area contributed by atoms with E-state index in [1.807, 2.05) is 31.2 Å². The van der Waals surface area contributed by atoms with E-state index in [-0.39, 0.29) is 24.3 Å². The smallest absolute Gasteiger partial charge is 0.292 e. The Morgan fingerprint density at radius 1 is 1.07 bits per heavy atom. The van der Waals surface area contributed by atoms with Crippen molar-refractivity contribution in [2.24, 2.45) is 0 Å². The summed E-state index contributed by atoms with van der Waals surface area (Å²) in [5.74, 6) is 0.485. The largest absolute Gasteiger partial charge is 0.494 e. The lowest BCUT2D eigenvalue weighted by atomic mass is 10.1. The first-order valence-corrected chi connectivity index (χ1v) is 10.4. The molecule has 0 unspecified atom stereocenters. The lowest BCUT2D eigenvalue weighted by Crippen LogP contribution is -3.19. The fraction of sp³-hybridized carbons (Fsp3) is 0.364. The first-order valence-electron chi connectivity index (χ1n) is 10.0. The number of carbonyl (C=O) groups is 2. The van der Waals surface area contributed by atoms with Gasteiger partial charge in [0, 0.05) is 0 Å². The normalized spacial score (nSPS) is 20.4. The Kier molecular flexibility index (Phi) is 5.74. The summed E-state index contributed by atoms with van der Waals surface area (Å²) in [5, 5.41) is 0.741. The van der Waals surface area contributed by atoms with Crippen LogP contribution in [0.5, 0.6) is 5.75 Å². The number of hydrogen-bond donors (Lipinski definition) is 1. The number of halogens is 1. The molecule has 2 aliphatic rings. The molecular weight excluding hydrogens is 390 g/mol. The summed E-state index contributed by atoms with van der Waals surface area (Å²) in [4.78, 5) is 30.4. The summed E-state index contributed by atoms with van der Waals surface area (Å²) in [6, 6.07) is 14.6. The molecule has 0 radical (unpaired) electrons. The molecule has 0 spiro atoms. The lowest BCUT2D eigenvalue weighted by Gasteiger charge is -2.36. The summed E-state index contributed by atoms with van der Waals surface area (Å²) < 4.78 is 5.44. The zero-order valence-electron chi connectivity index (χ0n) is 16.4. The van der Waals surface area contributed by atoms with Gasteiger partial charge in [-0.15, -0.1) is 0 Å². The van der Waals surface area contributed by atoms with Crippen molar-refractivity contribution in [3.8, 4) is 5.75 Å².